The largest absolute Gasteiger partial charge is 0.416 e. The number of hydrogen-bond acceptors (Lipinski definition) is 5. The molecule has 3 aromatic rings. The molecule has 0 fully saturated rings. The Hall–Kier alpha value is -2.33. The molecule has 26 heavy (non-hydrogen) atoms. The molecular formula is C16H13F3N4OS2. The van der Waals surface area contributed by atoms with Crippen molar-refractivity contribution < 1.29 is 18.0 Å². The standard InChI is InChI=1S/C16H13F3N4OS2/c1-23-14(12-6-3-7-25-12)21-22-15(23)26-9-13(24)20-11-5-2-4-10(8-11)16(17,18)19/h2-8H,9H2,1H3,(H,20,24). The second-order valence-corrected chi connectivity index (χ2v) is 7.15. The molecule has 1 aromatic carbocycles. The first-order valence-corrected chi connectivity index (χ1v) is 9.24. The van der Waals surface area contributed by atoms with Gasteiger partial charge >= 0.3 is 6.18 Å². The summed E-state index contributed by atoms with van der Waals surface area (Å²) in [6.07, 6.45) is -4.45. The normalized spacial score (nSPS) is 11.5. The van der Waals surface area contributed by atoms with Crippen molar-refractivity contribution >= 4 is 34.7 Å². The van der Waals surface area contributed by atoms with E-state index < -0.39 is 17.6 Å². The number of benzene rings is 1. The molecule has 5 nitrogen and oxygen atoms in total. The van der Waals surface area contributed by atoms with Gasteiger partial charge in [-0.05, 0) is 29.6 Å². The van der Waals surface area contributed by atoms with Crippen molar-refractivity contribution in [1.82, 2.24) is 14.8 Å². The van der Waals surface area contributed by atoms with Crippen LogP contribution in [0.5, 0.6) is 0 Å². The van der Waals surface area contributed by atoms with E-state index in [2.05, 4.69) is 15.5 Å². The third-order valence-corrected chi connectivity index (χ3v) is 5.27. The van der Waals surface area contributed by atoms with Gasteiger partial charge in [-0.15, -0.1) is 21.5 Å². The van der Waals surface area contributed by atoms with Crippen LogP contribution in [0.2, 0.25) is 0 Å². The van der Waals surface area contributed by atoms with Crippen molar-refractivity contribution in [2.24, 2.45) is 7.05 Å². The number of carbonyl (C=O) groups is 1. The average molecular weight is 398 g/mol. The van der Waals surface area contributed by atoms with Crippen molar-refractivity contribution in [3.05, 3.63) is 47.3 Å². The Morgan fingerprint density at radius 2 is 2.08 bits per heavy atom. The molecule has 2 heterocycles. The number of nitrogens with one attached hydrogen (secondary N) is 1. The molecule has 0 spiro atoms. The number of hydrogen-bond donors (Lipinski definition) is 1. The average Bonchev–Trinajstić information content (AvgIpc) is 3.22. The molecule has 0 aliphatic rings. The van der Waals surface area contributed by atoms with Crippen LogP contribution in [0.25, 0.3) is 10.7 Å². The van der Waals surface area contributed by atoms with E-state index in [0.717, 1.165) is 28.8 Å². The Morgan fingerprint density at radius 1 is 1.27 bits per heavy atom. The summed E-state index contributed by atoms with van der Waals surface area (Å²) in [5.74, 6) is 0.280. The van der Waals surface area contributed by atoms with E-state index in [0.29, 0.717) is 11.0 Å². The van der Waals surface area contributed by atoms with E-state index in [1.54, 1.807) is 11.6 Å². The Labute approximate surface area is 155 Å². The van der Waals surface area contributed by atoms with Crippen LogP contribution in [-0.2, 0) is 18.0 Å². The molecule has 0 atom stereocenters. The molecule has 0 aliphatic carbocycles. The summed E-state index contributed by atoms with van der Waals surface area (Å²) in [6.45, 7) is 0. The molecular weight excluding hydrogens is 385 g/mol. The van der Waals surface area contributed by atoms with Gasteiger partial charge in [-0.1, -0.05) is 23.9 Å². The quantitative estimate of drug-likeness (QED) is 0.652. The van der Waals surface area contributed by atoms with E-state index in [-0.39, 0.29) is 11.4 Å². The number of carbonyl (C=O) groups excluding carboxylic acids is 1. The maximum absolute atomic E-state index is 12.7. The molecule has 0 bridgehead atoms. The highest BCUT2D eigenvalue weighted by Gasteiger charge is 2.30. The minimum Gasteiger partial charge on any atom is -0.325 e. The molecule has 2 aromatic heterocycles. The van der Waals surface area contributed by atoms with Gasteiger partial charge in [0.1, 0.15) is 0 Å². The van der Waals surface area contributed by atoms with Crippen molar-refractivity contribution in [3.8, 4) is 10.7 Å². The topological polar surface area (TPSA) is 59.8 Å². The van der Waals surface area contributed by atoms with Gasteiger partial charge in [-0.2, -0.15) is 13.2 Å². The maximum atomic E-state index is 12.7. The highest BCUT2D eigenvalue weighted by Crippen LogP contribution is 2.31. The van der Waals surface area contributed by atoms with Crippen LogP contribution in [0.1, 0.15) is 5.56 Å². The third-order valence-electron chi connectivity index (χ3n) is 3.38. The van der Waals surface area contributed by atoms with Crippen LogP contribution in [0, 0.1) is 0 Å². The Bertz CT molecular complexity index is 907. The van der Waals surface area contributed by atoms with E-state index in [9.17, 15) is 18.0 Å². The van der Waals surface area contributed by atoms with Gasteiger partial charge in [0, 0.05) is 12.7 Å². The number of alkyl halides is 3. The molecule has 3 rings (SSSR count). The van der Waals surface area contributed by atoms with Gasteiger partial charge in [0.15, 0.2) is 11.0 Å². The van der Waals surface area contributed by atoms with E-state index in [1.165, 1.54) is 23.5 Å². The Kier molecular flexibility index (Phi) is 5.33. The number of halogens is 3. The summed E-state index contributed by atoms with van der Waals surface area (Å²) in [4.78, 5) is 13.0. The highest BCUT2D eigenvalue weighted by atomic mass is 32.2. The highest BCUT2D eigenvalue weighted by molar-refractivity contribution is 7.99. The summed E-state index contributed by atoms with van der Waals surface area (Å²) in [5, 5.41) is 13.1. The number of thioether (sulfide) groups is 1. The summed E-state index contributed by atoms with van der Waals surface area (Å²) in [7, 11) is 1.79. The SMILES string of the molecule is Cn1c(SCC(=O)Nc2cccc(C(F)(F)F)c2)nnc1-c1cccs1. The number of rotatable bonds is 5. The lowest BCUT2D eigenvalue weighted by Gasteiger charge is -2.09. The predicted molar refractivity (Wildman–Crippen MR) is 95.1 cm³/mol. The van der Waals surface area contributed by atoms with Crippen LogP contribution in [0.4, 0.5) is 18.9 Å². The Morgan fingerprint density at radius 3 is 2.77 bits per heavy atom. The van der Waals surface area contributed by atoms with E-state index >= 15 is 0 Å². The first kappa shape index (κ1) is 18.5. The van der Waals surface area contributed by atoms with Gasteiger partial charge in [-0.3, -0.25) is 4.79 Å². The summed E-state index contributed by atoms with van der Waals surface area (Å²) < 4.78 is 39.9. The zero-order valence-corrected chi connectivity index (χ0v) is 15.1. The van der Waals surface area contributed by atoms with Gasteiger partial charge in [0.25, 0.3) is 0 Å². The van der Waals surface area contributed by atoms with Crippen molar-refractivity contribution in [3.63, 3.8) is 0 Å². The zero-order valence-electron chi connectivity index (χ0n) is 13.4. The summed E-state index contributed by atoms with van der Waals surface area (Å²) in [5.41, 5.74) is -0.709. The summed E-state index contributed by atoms with van der Waals surface area (Å²) in [6, 6.07) is 8.35. The number of aromatic nitrogens is 3. The fourth-order valence-electron chi connectivity index (χ4n) is 2.16. The smallest absolute Gasteiger partial charge is 0.325 e. The van der Waals surface area contributed by atoms with Gasteiger partial charge in [-0.25, -0.2) is 0 Å². The minimum atomic E-state index is -4.45. The lowest BCUT2D eigenvalue weighted by Crippen LogP contribution is -2.15. The lowest BCUT2D eigenvalue weighted by molar-refractivity contribution is -0.137. The fourth-order valence-corrected chi connectivity index (χ4v) is 3.62. The van der Waals surface area contributed by atoms with Crippen LogP contribution in [0.15, 0.2) is 46.9 Å². The molecule has 0 saturated carbocycles. The van der Waals surface area contributed by atoms with Crippen molar-refractivity contribution in [1.29, 1.82) is 0 Å². The van der Waals surface area contributed by atoms with Crippen LogP contribution >= 0.6 is 23.1 Å². The van der Waals surface area contributed by atoms with Crippen molar-refractivity contribution in [2.75, 3.05) is 11.1 Å². The molecule has 1 amide bonds. The first-order valence-electron chi connectivity index (χ1n) is 7.38. The first-order chi connectivity index (χ1) is 12.3. The minimum absolute atomic E-state index is 0.00661. The molecule has 1 N–H and O–H groups in total. The van der Waals surface area contributed by atoms with Crippen molar-refractivity contribution in [2.45, 2.75) is 11.3 Å². The van der Waals surface area contributed by atoms with Crippen LogP contribution < -0.4 is 5.32 Å². The monoisotopic (exact) mass is 398 g/mol. The molecule has 0 saturated heterocycles. The molecule has 0 unspecified atom stereocenters. The zero-order chi connectivity index (χ0) is 18.7. The lowest BCUT2D eigenvalue weighted by atomic mass is 10.2. The second-order valence-electron chi connectivity index (χ2n) is 5.26. The third kappa shape index (κ3) is 4.25. The van der Waals surface area contributed by atoms with Crippen LogP contribution in [0.3, 0.4) is 0 Å². The van der Waals surface area contributed by atoms with E-state index in [1.807, 2.05) is 17.5 Å². The van der Waals surface area contributed by atoms with Gasteiger partial charge in [0.05, 0.1) is 16.2 Å². The molecule has 10 heteroatoms. The molecule has 136 valence electrons. The number of thiophene rings is 1. The molecule has 0 aliphatic heterocycles. The molecule has 0 radical (unpaired) electrons. The predicted octanol–water partition coefficient (Wildman–Crippen LogP) is 4.29. The van der Waals surface area contributed by atoms with E-state index in [4.69, 9.17) is 0 Å². The second kappa shape index (κ2) is 7.50. The fraction of sp³-hybridized carbons (Fsp3) is 0.188. The maximum Gasteiger partial charge on any atom is 0.416 e. The summed E-state index contributed by atoms with van der Waals surface area (Å²) >= 11 is 2.69. The van der Waals surface area contributed by atoms with Gasteiger partial charge < -0.3 is 9.88 Å². The van der Waals surface area contributed by atoms with Crippen LogP contribution in [-0.4, -0.2) is 26.4 Å². The number of nitrogens with zero attached hydrogens (tertiary/aromatic N) is 3. The number of amides is 1. The Balaban J connectivity index is 1.62. The number of anilines is 1. The van der Waals surface area contributed by atoms with Gasteiger partial charge in [0.2, 0.25) is 5.91 Å².